The van der Waals surface area contributed by atoms with E-state index in [1.54, 1.807) is 48.5 Å². The molecular weight excluding hydrogens is 458 g/mol. The largest absolute Gasteiger partial charge is 0.497 e. The van der Waals surface area contributed by atoms with Gasteiger partial charge in [0.2, 0.25) is 5.88 Å². The number of aromatic nitrogens is 1. The molecule has 0 unspecified atom stereocenters. The second kappa shape index (κ2) is 10.5. The van der Waals surface area contributed by atoms with Crippen LogP contribution < -0.4 is 19.5 Å². The van der Waals surface area contributed by atoms with Gasteiger partial charge in [-0.05, 0) is 67.4 Å². The van der Waals surface area contributed by atoms with Gasteiger partial charge in [-0.25, -0.2) is 13.4 Å². The third-order valence-electron chi connectivity index (χ3n) is 5.21. The molecule has 1 aliphatic heterocycles. The summed E-state index contributed by atoms with van der Waals surface area (Å²) in [4.78, 5) is 16.5. The number of nitrogens with zero attached hydrogens (tertiary/aromatic N) is 1. The van der Waals surface area contributed by atoms with Crippen LogP contribution in [0.15, 0.2) is 71.8 Å². The number of hydrogen-bond donors (Lipinski definition) is 2. The molecule has 3 aromatic rings. The lowest BCUT2D eigenvalue weighted by Gasteiger charge is -2.11. The lowest BCUT2D eigenvalue weighted by molar-refractivity contribution is 0.0857. The van der Waals surface area contributed by atoms with Gasteiger partial charge in [0.05, 0.1) is 23.7 Å². The number of amides is 1. The molecule has 10 heteroatoms. The Morgan fingerprint density at radius 1 is 1.06 bits per heavy atom. The van der Waals surface area contributed by atoms with E-state index < -0.39 is 10.0 Å². The number of hydrogen-bond acceptors (Lipinski definition) is 7. The van der Waals surface area contributed by atoms with Gasteiger partial charge in [0.25, 0.3) is 15.9 Å². The Kier molecular flexibility index (Phi) is 7.29. The molecule has 178 valence electrons. The fourth-order valence-corrected chi connectivity index (χ4v) is 4.43. The average molecular weight is 484 g/mol. The van der Waals surface area contributed by atoms with E-state index in [4.69, 9.17) is 14.2 Å². The zero-order valence-corrected chi connectivity index (χ0v) is 19.4. The van der Waals surface area contributed by atoms with Crippen LogP contribution in [-0.2, 0) is 14.8 Å². The van der Waals surface area contributed by atoms with Gasteiger partial charge in [0, 0.05) is 31.1 Å². The molecule has 0 bridgehead atoms. The molecule has 0 radical (unpaired) electrons. The van der Waals surface area contributed by atoms with Crippen LogP contribution in [0.4, 0.5) is 5.69 Å². The molecule has 0 saturated carbocycles. The third-order valence-corrected chi connectivity index (χ3v) is 6.61. The summed E-state index contributed by atoms with van der Waals surface area (Å²) in [5.74, 6) is 1.13. The first-order valence-corrected chi connectivity index (χ1v) is 12.2. The van der Waals surface area contributed by atoms with Gasteiger partial charge in [0.1, 0.15) is 11.5 Å². The lowest BCUT2D eigenvalue weighted by atomic mass is 10.2. The Bertz CT molecular complexity index is 1210. The van der Waals surface area contributed by atoms with Gasteiger partial charge in [-0.1, -0.05) is 0 Å². The second-order valence-electron chi connectivity index (χ2n) is 7.64. The first-order chi connectivity index (χ1) is 16.4. The van der Waals surface area contributed by atoms with Crippen molar-refractivity contribution in [3.8, 4) is 17.4 Å². The average Bonchev–Trinajstić information content (AvgIpc) is 3.38. The predicted octanol–water partition coefficient (Wildman–Crippen LogP) is 3.59. The van der Waals surface area contributed by atoms with Crippen molar-refractivity contribution < 1.29 is 27.4 Å². The molecule has 2 aromatic carbocycles. The maximum Gasteiger partial charge on any atom is 0.261 e. The summed E-state index contributed by atoms with van der Waals surface area (Å²) in [5.41, 5.74) is 0.808. The summed E-state index contributed by atoms with van der Waals surface area (Å²) < 4.78 is 43.9. The Hall–Kier alpha value is -3.63. The summed E-state index contributed by atoms with van der Waals surface area (Å²) in [6.07, 6.45) is 3.48. The zero-order valence-electron chi connectivity index (χ0n) is 18.6. The van der Waals surface area contributed by atoms with E-state index in [1.807, 2.05) is 0 Å². The Labute approximate surface area is 198 Å². The molecule has 0 spiro atoms. The van der Waals surface area contributed by atoms with Crippen LogP contribution in [0.3, 0.4) is 0 Å². The summed E-state index contributed by atoms with van der Waals surface area (Å²) in [6.45, 7) is 1.22. The molecule has 0 aliphatic carbocycles. The summed E-state index contributed by atoms with van der Waals surface area (Å²) in [7, 11) is -2.22. The summed E-state index contributed by atoms with van der Waals surface area (Å²) in [5, 5.41) is 2.85. The highest BCUT2D eigenvalue weighted by molar-refractivity contribution is 7.92. The molecule has 1 amide bonds. The fourth-order valence-electron chi connectivity index (χ4n) is 3.37. The highest BCUT2D eigenvalue weighted by Gasteiger charge is 2.17. The standard InChI is InChI=1S/C24H25N3O6S/c1-31-19-9-11-22(12-10-19)34(29,30)27-18-5-7-20(8-6-18)33-23-13-4-17(15-25-23)24(28)26-16-21-3-2-14-32-21/h4-13,15,21,27H,2-3,14,16H2,1H3,(H,26,28)/t21-/m1/s1. The van der Waals surface area contributed by atoms with Crippen LogP contribution in [0, 0.1) is 0 Å². The molecule has 1 atom stereocenters. The van der Waals surface area contributed by atoms with Gasteiger partial charge in [-0.3, -0.25) is 9.52 Å². The van der Waals surface area contributed by atoms with Gasteiger partial charge in [-0.2, -0.15) is 0 Å². The summed E-state index contributed by atoms with van der Waals surface area (Å²) in [6, 6.07) is 15.7. The maximum atomic E-state index is 12.6. The molecule has 9 nitrogen and oxygen atoms in total. The van der Waals surface area contributed by atoms with Crippen LogP contribution in [0.2, 0.25) is 0 Å². The van der Waals surface area contributed by atoms with Crippen LogP contribution in [0.5, 0.6) is 17.4 Å². The summed E-state index contributed by atoms with van der Waals surface area (Å²) >= 11 is 0. The smallest absolute Gasteiger partial charge is 0.261 e. The van der Waals surface area contributed by atoms with E-state index in [-0.39, 0.29) is 16.9 Å². The van der Waals surface area contributed by atoms with E-state index in [9.17, 15) is 13.2 Å². The normalized spacial score (nSPS) is 15.5. The van der Waals surface area contributed by atoms with E-state index in [0.717, 1.165) is 19.4 Å². The van der Waals surface area contributed by atoms with Crippen molar-refractivity contribution in [1.29, 1.82) is 0 Å². The number of sulfonamides is 1. The molecule has 1 aromatic heterocycles. The predicted molar refractivity (Wildman–Crippen MR) is 126 cm³/mol. The quantitative estimate of drug-likeness (QED) is 0.478. The van der Waals surface area contributed by atoms with E-state index in [0.29, 0.717) is 35.2 Å². The molecule has 1 saturated heterocycles. The van der Waals surface area contributed by atoms with Crippen LogP contribution in [-0.4, -0.2) is 45.7 Å². The fraction of sp³-hybridized carbons (Fsp3) is 0.250. The number of benzene rings is 2. The first kappa shape index (κ1) is 23.5. The molecule has 1 aliphatic rings. The van der Waals surface area contributed by atoms with Gasteiger partial charge in [0.15, 0.2) is 0 Å². The topological polar surface area (TPSA) is 116 Å². The van der Waals surface area contributed by atoms with E-state index >= 15 is 0 Å². The number of methoxy groups -OCH3 is 1. The Balaban J connectivity index is 1.32. The van der Waals surface area contributed by atoms with Crippen molar-refractivity contribution >= 4 is 21.6 Å². The number of rotatable bonds is 9. The van der Waals surface area contributed by atoms with Gasteiger partial charge in [-0.15, -0.1) is 0 Å². The number of pyridine rings is 1. The van der Waals surface area contributed by atoms with Crippen LogP contribution in [0.1, 0.15) is 23.2 Å². The molecule has 2 N–H and O–H groups in total. The molecule has 2 heterocycles. The number of nitrogens with one attached hydrogen (secondary N) is 2. The van der Waals surface area contributed by atoms with Crippen molar-refractivity contribution in [2.45, 2.75) is 23.8 Å². The Morgan fingerprint density at radius 3 is 2.41 bits per heavy atom. The number of carbonyl (C=O) groups is 1. The monoisotopic (exact) mass is 483 g/mol. The SMILES string of the molecule is COc1ccc(S(=O)(=O)Nc2ccc(Oc3ccc(C(=O)NC[C@H]4CCCO4)cn3)cc2)cc1. The minimum Gasteiger partial charge on any atom is -0.497 e. The van der Waals surface area contributed by atoms with Crippen molar-refractivity contribution in [3.63, 3.8) is 0 Å². The first-order valence-electron chi connectivity index (χ1n) is 10.7. The zero-order chi connectivity index (χ0) is 24.0. The van der Waals surface area contributed by atoms with Gasteiger partial charge >= 0.3 is 0 Å². The lowest BCUT2D eigenvalue weighted by Crippen LogP contribution is -2.31. The van der Waals surface area contributed by atoms with Crippen molar-refractivity contribution in [2.75, 3.05) is 25.0 Å². The van der Waals surface area contributed by atoms with Crippen molar-refractivity contribution in [1.82, 2.24) is 10.3 Å². The molecular formula is C24H25N3O6S. The van der Waals surface area contributed by atoms with E-state index in [2.05, 4.69) is 15.0 Å². The molecule has 34 heavy (non-hydrogen) atoms. The minimum atomic E-state index is -3.74. The number of ether oxygens (including phenoxy) is 3. The van der Waals surface area contributed by atoms with Crippen LogP contribution in [0.25, 0.3) is 0 Å². The second-order valence-corrected chi connectivity index (χ2v) is 9.32. The highest BCUT2D eigenvalue weighted by Crippen LogP contribution is 2.24. The third kappa shape index (κ3) is 6.03. The number of anilines is 1. The van der Waals surface area contributed by atoms with E-state index in [1.165, 1.54) is 25.4 Å². The van der Waals surface area contributed by atoms with Gasteiger partial charge < -0.3 is 19.5 Å². The minimum absolute atomic E-state index is 0.0724. The van der Waals surface area contributed by atoms with Crippen molar-refractivity contribution in [3.05, 3.63) is 72.4 Å². The van der Waals surface area contributed by atoms with Crippen molar-refractivity contribution in [2.24, 2.45) is 0 Å². The number of carbonyl (C=O) groups excluding carboxylic acids is 1. The molecule has 1 fully saturated rings. The highest BCUT2D eigenvalue weighted by atomic mass is 32.2. The maximum absolute atomic E-state index is 12.6. The van der Waals surface area contributed by atoms with Crippen LogP contribution >= 0.6 is 0 Å². The molecule has 4 rings (SSSR count). The Morgan fingerprint density at radius 2 is 1.79 bits per heavy atom.